The topological polar surface area (TPSA) is 38.7 Å². The number of rotatable bonds is 0. The number of nitrogens with zero attached hydrogens (tertiary/aromatic N) is 2. The lowest BCUT2D eigenvalue weighted by Crippen LogP contribution is -3.00. The summed E-state index contributed by atoms with van der Waals surface area (Å²) in [7, 11) is 0. The lowest BCUT2D eigenvalue weighted by Gasteiger charge is -1.67. The molecule has 9 heavy (non-hydrogen) atoms. The molecule has 4 heteroatoms. The van der Waals surface area contributed by atoms with Crippen molar-refractivity contribution in [1.29, 1.82) is 0 Å². The maximum Gasteiger partial charge on any atom is 0.323 e. The van der Waals surface area contributed by atoms with Gasteiger partial charge in [-0.05, 0) is 0 Å². The molecule has 0 saturated heterocycles. The van der Waals surface area contributed by atoms with Crippen molar-refractivity contribution in [2.24, 2.45) is 10.1 Å². The predicted octanol–water partition coefficient (Wildman–Crippen LogP) is -4.29. The highest BCUT2D eigenvalue weighted by atomic mass is 127. The maximum absolute atomic E-state index is 3.80. The number of nitrogens with one attached hydrogen (secondary N) is 1. The Kier molecular flexibility index (Phi) is 4.17. The highest BCUT2D eigenvalue weighted by molar-refractivity contribution is 5.90. The third kappa shape index (κ3) is 3.16. The Balaban J connectivity index is 0.000000640. The first-order valence-corrected chi connectivity index (χ1v) is 2.30. The molecule has 1 heterocycles. The molecule has 48 valence electrons. The second-order valence-electron chi connectivity index (χ2n) is 1.38. The van der Waals surface area contributed by atoms with Crippen LogP contribution in [0.3, 0.4) is 0 Å². The Morgan fingerprint density at radius 2 is 2.44 bits per heavy atom. The van der Waals surface area contributed by atoms with Crippen LogP contribution in [0.4, 0.5) is 0 Å². The van der Waals surface area contributed by atoms with Crippen molar-refractivity contribution in [2.75, 3.05) is 0 Å². The van der Waals surface area contributed by atoms with E-state index in [0.29, 0.717) is 0 Å². The largest absolute Gasteiger partial charge is 1.00 e. The lowest BCUT2D eigenvalue weighted by molar-refractivity contribution is -0.462. The predicted molar refractivity (Wildman–Crippen MR) is 32.1 cm³/mol. The summed E-state index contributed by atoms with van der Waals surface area (Å²) in [6.45, 7) is 1.82. The van der Waals surface area contributed by atoms with Crippen LogP contribution in [-0.2, 0) is 0 Å². The van der Waals surface area contributed by atoms with E-state index in [2.05, 4.69) is 21.1 Å². The molecule has 0 aromatic carbocycles. The van der Waals surface area contributed by atoms with Crippen LogP contribution in [0.2, 0.25) is 0 Å². The van der Waals surface area contributed by atoms with Gasteiger partial charge < -0.3 is 24.0 Å². The monoisotopic (exact) mass is 235 g/mol. The fraction of sp³-hybridized carbons (Fsp3) is 0.200. The molecule has 0 unspecified atom stereocenters. The molecule has 0 fully saturated rings. The highest BCUT2D eigenvalue weighted by Gasteiger charge is 1.91. The summed E-state index contributed by atoms with van der Waals surface area (Å²) in [5.41, 5.74) is 0. The van der Waals surface area contributed by atoms with E-state index < -0.39 is 0 Å². The zero-order valence-electron chi connectivity index (χ0n) is 4.93. The van der Waals surface area contributed by atoms with Crippen molar-refractivity contribution in [1.82, 2.24) is 0 Å². The van der Waals surface area contributed by atoms with Gasteiger partial charge in [-0.1, -0.05) is 5.10 Å². The van der Waals surface area contributed by atoms with Crippen LogP contribution < -0.4 is 29.1 Å². The quantitative estimate of drug-likeness (QED) is 0.413. The molecule has 1 rings (SSSR count). The van der Waals surface area contributed by atoms with E-state index in [0.717, 1.165) is 5.84 Å². The Morgan fingerprint density at radius 1 is 1.67 bits per heavy atom. The lowest BCUT2D eigenvalue weighted by atomic mass is 10.7. The Hall–Kier alpha value is -0.480. The first kappa shape index (κ1) is 8.52. The van der Waals surface area contributed by atoms with Gasteiger partial charge in [-0.3, -0.25) is 0 Å². The van der Waals surface area contributed by atoms with Crippen LogP contribution in [0.25, 0.3) is 0 Å². The van der Waals surface area contributed by atoms with E-state index in [1.165, 1.54) is 0 Å². The Labute approximate surface area is 70.3 Å². The summed E-state index contributed by atoms with van der Waals surface area (Å²) >= 11 is 0. The number of hydrazone groups is 1. The molecule has 0 atom stereocenters. The SMILES string of the molecule is CC1=[NH+]N=CC=C=N1.[I-]. The second kappa shape index (κ2) is 4.40. The van der Waals surface area contributed by atoms with E-state index >= 15 is 0 Å². The molecule has 0 radical (unpaired) electrons. The molecule has 0 aromatic heterocycles. The van der Waals surface area contributed by atoms with E-state index in [-0.39, 0.29) is 24.0 Å². The van der Waals surface area contributed by atoms with E-state index in [4.69, 9.17) is 0 Å². The Morgan fingerprint density at radius 3 is 3.22 bits per heavy atom. The summed E-state index contributed by atoms with van der Waals surface area (Å²) in [5.74, 6) is 3.41. The van der Waals surface area contributed by atoms with Gasteiger partial charge in [0.2, 0.25) is 0 Å². The first-order valence-electron chi connectivity index (χ1n) is 2.30. The van der Waals surface area contributed by atoms with Crippen molar-refractivity contribution in [3.8, 4) is 0 Å². The second-order valence-corrected chi connectivity index (χ2v) is 1.38. The third-order valence-corrected chi connectivity index (χ3v) is 0.682. The maximum atomic E-state index is 3.80. The molecule has 1 aliphatic rings. The molecule has 1 N–H and O–H groups in total. The van der Waals surface area contributed by atoms with Gasteiger partial charge in [0.1, 0.15) is 5.87 Å². The summed E-state index contributed by atoms with van der Waals surface area (Å²) in [5, 5.41) is 6.40. The fourth-order valence-electron chi connectivity index (χ4n) is 0.360. The molecular weight excluding hydrogens is 229 g/mol. The third-order valence-electron chi connectivity index (χ3n) is 0.682. The summed E-state index contributed by atoms with van der Waals surface area (Å²) in [4.78, 5) is 3.80. The van der Waals surface area contributed by atoms with Crippen LogP contribution in [0.5, 0.6) is 0 Å². The van der Waals surface area contributed by atoms with E-state index in [1.807, 2.05) is 6.92 Å². The summed E-state index contributed by atoms with van der Waals surface area (Å²) < 4.78 is 0. The number of allylic oxidation sites excluding steroid dienone is 1. The number of halogens is 1. The summed E-state index contributed by atoms with van der Waals surface area (Å²) in [6, 6.07) is 0. The summed E-state index contributed by atoms with van der Waals surface area (Å²) in [6.07, 6.45) is 3.24. The Bertz CT molecular complexity index is 198. The van der Waals surface area contributed by atoms with Gasteiger partial charge in [0.25, 0.3) is 0 Å². The standard InChI is InChI=1S/C5H5N3.HI/c1-5-6-3-2-4-7-8-5;/h2,4H,1H3;1H. The molecule has 0 spiro atoms. The van der Waals surface area contributed by atoms with Gasteiger partial charge in [-0.25, -0.2) is 0 Å². The zero-order chi connectivity index (χ0) is 5.82. The van der Waals surface area contributed by atoms with Crippen LogP contribution in [-0.4, -0.2) is 17.9 Å². The van der Waals surface area contributed by atoms with Crippen LogP contribution >= 0.6 is 0 Å². The number of hydrogen-bond donors (Lipinski definition) is 1. The van der Waals surface area contributed by atoms with Gasteiger partial charge in [0, 0.05) is 18.0 Å². The zero-order valence-corrected chi connectivity index (χ0v) is 7.08. The average molecular weight is 235 g/mol. The van der Waals surface area contributed by atoms with Crippen molar-refractivity contribution in [3.05, 3.63) is 6.08 Å². The van der Waals surface area contributed by atoms with Gasteiger partial charge in [-0.15, -0.1) is 5.10 Å². The first-order chi connectivity index (χ1) is 3.89. The molecule has 0 aliphatic carbocycles. The molecular formula is C5H6IN3. The minimum atomic E-state index is 0. The van der Waals surface area contributed by atoms with Crippen molar-refractivity contribution < 1.29 is 29.1 Å². The van der Waals surface area contributed by atoms with Crippen LogP contribution in [0.15, 0.2) is 16.2 Å². The highest BCUT2D eigenvalue weighted by Crippen LogP contribution is 1.63. The molecule has 0 amide bonds. The molecule has 0 bridgehead atoms. The molecule has 0 aromatic rings. The van der Waals surface area contributed by atoms with Gasteiger partial charge in [-0.2, -0.15) is 0 Å². The smallest absolute Gasteiger partial charge is 0.323 e. The van der Waals surface area contributed by atoms with Crippen LogP contribution in [0.1, 0.15) is 6.92 Å². The van der Waals surface area contributed by atoms with Gasteiger partial charge in [0.15, 0.2) is 0 Å². The minimum Gasteiger partial charge on any atom is -1.00 e. The van der Waals surface area contributed by atoms with E-state index in [9.17, 15) is 0 Å². The molecule has 3 nitrogen and oxygen atoms in total. The average Bonchev–Trinajstić information content (AvgIpc) is 1.94. The molecule has 1 aliphatic heterocycles. The number of hydrogen-bond acceptors (Lipinski definition) is 2. The number of amidine groups is 1. The van der Waals surface area contributed by atoms with Gasteiger partial charge in [0.05, 0.1) is 6.21 Å². The fourth-order valence-corrected chi connectivity index (χ4v) is 0.360. The van der Waals surface area contributed by atoms with Crippen LogP contribution in [0, 0.1) is 0 Å². The minimum absolute atomic E-state index is 0. The van der Waals surface area contributed by atoms with Gasteiger partial charge >= 0.3 is 5.84 Å². The normalized spacial score (nSPS) is 14.1. The van der Waals surface area contributed by atoms with Crippen molar-refractivity contribution in [3.63, 3.8) is 0 Å². The van der Waals surface area contributed by atoms with E-state index in [1.54, 1.807) is 12.3 Å². The number of aliphatic imine (C=N–C) groups is 1. The van der Waals surface area contributed by atoms with Crippen molar-refractivity contribution >= 4 is 17.9 Å². The van der Waals surface area contributed by atoms with Crippen molar-refractivity contribution in [2.45, 2.75) is 6.92 Å². The molecule has 0 saturated carbocycles.